The van der Waals surface area contributed by atoms with Gasteiger partial charge in [0.25, 0.3) is 0 Å². The number of carbonyl (C=O) groups excluding carboxylic acids is 1. The Balaban J connectivity index is 2.59. The first-order valence-corrected chi connectivity index (χ1v) is 7.88. The largest absolute Gasteiger partial charge is 0.354 e. The summed E-state index contributed by atoms with van der Waals surface area (Å²) in [6.07, 6.45) is 0. The lowest BCUT2D eigenvalue weighted by molar-refractivity contribution is -0.119. The van der Waals surface area contributed by atoms with Crippen molar-refractivity contribution < 1.29 is 17.6 Å². The first kappa shape index (κ1) is 17.5. The molecule has 0 unspecified atom stereocenters. The maximum Gasteiger partial charge on any atom is 0.241 e. The highest BCUT2D eigenvalue weighted by atomic mass is 32.2. The average Bonchev–Trinajstić information content (AvgIpc) is 2.35. The van der Waals surface area contributed by atoms with E-state index in [9.17, 15) is 17.6 Å². The number of hydrogen-bond donors (Lipinski definition) is 2. The van der Waals surface area contributed by atoms with E-state index in [0.717, 1.165) is 12.1 Å². The molecule has 118 valence electrons. The van der Waals surface area contributed by atoms with E-state index in [1.165, 1.54) is 13.0 Å². The van der Waals surface area contributed by atoms with Crippen LogP contribution in [0.1, 0.15) is 5.56 Å². The van der Waals surface area contributed by atoms with Crippen LogP contribution in [0.3, 0.4) is 0 Å². The van der Waals surface area contributed by atoms with Crippen LogP contribution in [0.15, 0.2) is 23.1 Å². The Morgan fingerprint density at radius 3 is 2.57 bits per heavy atom. The summed E-state index contributed by atoms with van der Waals surface area (Å²) in [4.78, 5) is 13.4. The van der Waals surface area contributed by atoms with Gasteiger partial charge in [0, 0.05) is 13.1 Å². The third-order valence-electron chi connectivity index (χ3n) is 2.73. The number of nitrogens with zero attached hydrogens (tertiary/aromatic N) is 1. The number of aryl methyl sites for hydroxylation is 1. The third kappa shape index (κ3) is 5.78. The molecule has 0 aliphatic heterocycles. The Morgan fingerprint density at radius 1 is 1.33 bits per heavy atom. The van der Waals surface area contributed by atoms with E-state index in [4.69, 9.17) is 0 Å². The van der Waals surface area contributed by atoms with E-state index in [0.29, 0.717) is 13.1 Å². The Bertz CT molecular complexity index is 603. The number of hydrogen-bond acceptors (Lipinski definition) is 4. The second-order valence-corrected chi connectivity index (χ2v) is 6.62. The number of rotatable bonds is 7. The summed E-state index contributed by atoms with van der Waals surface area (Å²) in [5, 5.41) is 2.59. The standard InChI is InChI=1S/C13H20FN3O3S/c1-10-8-11(14)4-5-12(10)21(19,20)16-9-13(18)15-6-7-17(2)3/h4-5,8,16H,6-7,9H2,1-3H3,(H,15,18). The van der Waals surface area contributed by atoms with E-state index in [1.54, 1.807) is 0 Å². The molecule has 1 aromatic rings. The molecule has 21 heavy (non-hydrogen) atoms. The van der Waals surface area contributed by atoms with Crippen molar-refractivity contribution in [2.24, 2.45) is 0 Å². The van der Waals surface area contributed by atoms with Crippen molar-refractivity contribution in [3.8, 4) is 0 Å². The quantitative estimate of drug-likeness (QED) is 0.747. The molecule has 8 heteroatoms. The van der Waals surface area contributed by atoms with Crippen molar-refractivity contribution in [3.05, 3.63) is 29.6 Å². The van der Waals surface area contributed by atoms with Crippen LogP contribution in [0, 0.1) is 12.7 Å². The molecule has 0 radical (unpaired) electrons. The first-order valence-electron chi connectivity index (χ1n) is 6.39. The molecule has 0 saturated carbocycles. The van der Waals surface area contributed by atoms with Crippen molar-refractivity contribution >= 4 is 15.9 Å². The van der Waals surface area contributed by atoms with Crippen molar-refractivity contribution in [1.29, 1.82) is 0 Å². The second-order valence-electron chi connectivity index (χ2n) is 4.89. The predicted molar refractivity (Wildman–Crippen MR) is 77.9 cm³/mol. The predicted octanol–water partition coefficient (Wildman–Crippen LogP) is 0.0902. The van der Waals surface area contributed by atoms with E-state index in [2.05, 4.69) is 10.0 Å². The highest BCUT2D eigenvalue weighted by molar-refractivity contribution is 7.89. The summed E-state index contributed by atoms with van der Waals surface area (Å²) in [6.45, 7) is 2.24. The fourth-order valence-electron chi connectivity index (χ4n) is 1.63. The van der Waals surface area contributed by atoms with Gasteiger partial charge in [-0.1, -0.05) is 0 Å². The maximum atomic E-state index is 13.0. The van der Waals surface area contributed by atoms with Crippen LogP contribution >= 0.6 is 0 Å². The van der Waals surface area contributed by atoms with Gasteiger partial charge in [0.15, 0.2) is 0 Å². The van der Waals surface area contributed by atoms with E-state index < -0.39 is 21.7 Å². The highest BCUT2D eigenvalue weighted by Crippen LogP contribution is 2.15. The zero-order valence-electron chi connectivity index (χ0n) is 12.3. The van der Waals surface area contributed by atoms with Crippen LogP contribution in [0.2, 0.25) is 0 Å². The van der Waals surface area contributed by atoms with Gasteiger partial charge in [-0.05, 0) is 44.8 Å². The molecule has 1 rings (SSSR count). The Kier molecular flexibility index (Phi) is 6.25. The van der Waals surface area contributed by atoms with Gasteiger partial charge >= 0.3 is 0 Å². The Labute approximate surface area is 124 Å². The molecule has 0 aromatic heterocycles. The number of sulfonamides is 1. The van der Waals surface area contributed by atoms with Gasteiger partial charge < -0.3 is 10.2 Å². The maximum absolute atomic E-state index is 13.0. The van der Waals surface area contributed by atoms with Crippen molar-refractivity contribution in [3.63, 3.8) is 0 Å². The van der Waals surface area contributed by atoms with Gasteiger partial charge in [-0.2, -0.15) is 0 Å². The van der Waals surface area contributed by atoms with Crippen LogP contribution in [0.5, 0.6) is 0 Å². The van der Waals surface area contributed by atoms with Crippen LogP contribution in [-0.2, 0) is 14.8 Å². The summed E-state index contributed by atoms with van der Waals surface area (Å²) in [6, 6.07) is 3.38. The average molecular weight is 317 g/mol. The van der Waals surface area contributed by atoms with E-state index in [-0.39, 0.29) is 17.0 Å². The second kappa shape index (κ2) is 7.48. The zero-order valence-corrected chi connectivity index (χ0v) is 13.1. The lowest BCUT2D eigenvalue weighted by Crippen LogP contribution is -2.39. The van der Waals surface area contributed by atoms with Gasteiger partial charge in [0.2, 0.25) is 15.9 Å². The van der Waals surface area contributed by atoms with Crippen LogP contribution in [0.4, 0.5) is 4.39 Å². The molecular weight excluding hydrogens is 297 g/mol. The van der Waals surface area contributed by atoms with Crippen LogP contribution in [-0.4, -0.2) is 53.0 Å². The molecule has 1 aromatic carbocycles. The van der Waals surface area contributed by atoms with E-state index in [1.807, 2.05) is 19.0 Å². The third-order valence-corrected chi connectivity index (χ3v) is 4.29. The molecule has 0 fully saturated rings. The normalized spacial score (nSPS) is 11.7. The van der Waals surface area contributed by atoms with E-state index >= 15 is 0 Å². The first-order chi connectivity index (χ1) is 9.72. The monoisotopic (exact) mass is 317 g/mol. The highest BCUT2D eigenvalue weighted by Gasteiger charge is 2.18. The molecule has 6 nitrogen and oxygen atoms in total. The topological polar surface area (TPSA) is 78.5 Å². The fourth-order valence-corrected chi connectivity index (χ4v) is 2.84. The molecule has 0 aliphatic carbocycles. The molecule has 0 heterocycles. The van der Waals surface area contributed by atoms with Crippen LogP contribution in [0.25, 0.3) is 0 Å². The van der Waals surface area contributed by atoms with Gasteiger partial charge in [-0.25, -0.2) is 17.5 Å². The molecular formula is C13H20FN3O3S. The molecule has 2 N–H and O–H groups in total. The number of amides is 1. The van der Waals surface area contributed by atoms with Crippen LogP contribution < -0.4 is 10.0 Å². The number of nitrogens with one attached hydrogen (secondary N) is 2. The Morgan fingerprint density at radius 2 is 2.00 bits per heavy atom. The Hall–Kier alpha value is -1.51. The summed E-state index contributed by atoms with van der Waals surface area (Å²) in [7, 11) is -0.0976. The molecule has 0 atom stereocenters. The van der Waals surface area contributed by atoms with Gasteiger partial charge in [-0.3, -0.25) is 4.79 Å². The molecule has 0 saturated heterocycles. The van der Waals surface area contributed by atoms with Gasteiger partial charge in [-0.15, -0.1) is 0 Å². The summed E-state index contributed by atoms with van der Waals surface area (Å²) < 4.78 is 39.2. The van der Waals surface area contributed by atoms with Crippen molar-refractivity contribution in [2.45, 2.75) is 11.8 Å². The van der Waals surface area contributed by atoms with Crippen molar-refractivity contribution in [1.82, 2.24) is 14.9 Å². The summed E-state index contributed by atoms with van der Waals surface area (Å²) in [5.74, 6) is -0.923. The number of halogens is 1. The lowest BCUT2D eigenvalue weighted by Gasteiger charge is -2.11. The minimum atomic E-state index is -3.83. The number of carbonyl (C=O) groups is 1. The minimum Gasteiger partial charge on any atom is -0.354 e. The fraction of sp³-hybridized carbons (Fsp3) is 0.462. The van der Waals surface area contributed by atoms with Gasteiger partial charge in [0.05, 0.1) is 11.4 Å². The SMILES string of the molecule is Cc1cc(F)ccc1S(=O)(=O)NCC(=O)NCCN(C)C. The zero-order chi connectivity index (χ0) is 16.0. The summed E-state index contributed by atoms with van der Waals surface area (Å²) >= 11 is 0. The minimum absolute atomic E-state index is 0.0370. The smallest absolute Gasteiger partial charge is 0.241 e. The lowest BCUT2D eigenvalue weighted by atomic mass is 10.2. The molecule has 1 amide bonds. The molecule has 0 spiro atoms. The number of benzene rings is 1. The van der Waals surface area contributed by atoms with Crippen molar-refractivity contribution in [2.75, 3.05) is 33.7 Å². The summed E-state index contributed by atoms with van der Waals surface area (Å²) in [5.41, 5.74) is 0.288. The molecule has 0 bridgehead atoms. The molecule has 0 aliphatic rings. The van der Waals surface area contributed by atoms with Gasteiger partial charge in [0.1, 0.15) is 5.82 Å². The number of likely N-dealkylation sites (N-methyl/N-ethyl adjacent to an activating group) is 1.